The molecule has 0 saturated carbocycles. The van der Waals surface area contributed by atoms with Crippen molar-refractivity contribution in [1.29, 1.82) is 0 Å². The van der Waals surface area contributed by atoms with Gasteiger partial charge in [-0.1, -0.05) is 103 Å². The minimum Gasteiger partial charge on any atom is -0.447 e. The van der Waals surface area contributed by atoms with E-state index in [2.05, 4.69) is 17.2 Å². The van der Waals surface area contributed by atoms with Crippen LogP contribution in [0.15, 0.2) is 11.6 Å². The lowest BCUT2D eigenvalue weighted by Gasteiger charge is -2.28. The Morgan fingerprint density at radius 2 is 1.49 bits per heavy atom. The van der Waals surface area contributed by atoms with Gasteiger partial charge in [-0.2, -0.15) is 0 Å². The van der Waals surface area contributed by atoms with E-state index in [-0.39, 0.29) is 12.5 Å². The van der Waals surface area contributed by atoms with Gasteiger partial charge in [0, 0.05) is 51.9 Å². The van der Waals surface area contributed by atoms with Gasteiger partial charge in [0.25, 0.3) is 0 Å². The number of alkyl carbamates (subject to hydrolysis) is 1. The van der Waals surface area contributed by atoms with Crippen LogP contribution in [0.25, 0.3) is 0 Å². The summed E-state index contributed by atoms with van der Waals surface area (Å²) in [7, 11) is 3.47. The van der Waals surface area contributed by atoms with Gasteiger partial charge in [0.05, 0.1) is 12.2 Å². The lowest BCUT2D eigenvalue weighted by molar-refractivity contribution is -0.132. The molecule has 1 atom stereocenters. The Morgan fingerprint density at radius 1 is 0.907 bits per heavy atom. The third-order valence-electron chi connectivity index (χ3n) is 8.09. The maximum Gasteiger partial charge on any atom is 0.407 e. The van der Waals surface area contributed by atoms with E-state index >= 15 is 0 Å². The van der Waals surface area contributed by atoms with Gasteiger partial charge in [0.15, 0.2) is 0 Å². The summed E-state index contributed by atoms with van der Waals surface area (Å²) >= 11 is 1.56. The highest BCUT2D eigenvalue weighted by Gasteiger charge is 2.27. The van der Waals surface area contributed by atoms with Crippen LogP contribution in [-0.2, 0) is 25.6 Å². The number of hydrogen-bond acceptors (Lipinski definition) is 7. The summed E-state index contributed by atoms with van der Waals surface area (Å²) in [5, 5.41) is 5.59. The van der Waals surface area contributed by atoms with E-state index in [9.17, 15) is 9.59 Å². The average Bonchev–Trinajstić information content (AvgIpc) is 3.54. The molecule has 1 heterocycles. The predicted octanol–water partition coefficient (Wildman–Crippen LogP) is 8.68. The van der Waals surface area contributed by atoms with Crippen LogP contribution in [0.2, 0.25) is 0 Å². The summed E-state index contributed by atoms with van der Waals surface area (Å²) in [6.45, 7) is 6.50. The van der Waals surface area contributed by atoms with E-state index in [4.69, 9.17) is 14.2 Å². The molecule has 1 aromatic rings. The quantitative estimate of drug-likeness (QED) is 0.0896. The first-order valence-corrected chi connectivity index (χ1v) is 17.9. The summed E-state index contributed by atoms with van der Waals surface area (Å²) in [5.74, 6) is 0.103. The number of rotatable bonds is 29. The molecule has 9 heteroatoms. The van der Waals surface area contributed by atoms with Crippen LogP contribution in [-0.4, -0.2) is 67.9 Å². The number of carbonyl (C=O) groups excluding carboxylic acids is 2. The second-order valence-corrected chi connectivity index (χ2v) is 13.1. The molecular formula is C34H63N3O5S. The van der Waals surface area contributed by atoms with Crippen molar-refractivity contribution in [1.82, 2.24) is 15.2 Å². The fourth-order valence-electron chi connectivity index (χ4n) is 4.93. The fourth-order valence-corrected chi connectivity index (χ4v) is 5.49. The number of unbranched alkanes of at least 4 members (excludes halogenated alkanes) is 15. The maximum absolute atomic E-state index is 12.7. The molecule has 0 aromatic carbocycles. The molecule has 0 bridgehead atoms. The zero-order valence-electron chi connectivity index (χ0n) is 28.0. The number of aromatic nitrogens is 1. The Bertz CT molecular complexity index is 795. The second-order valence-electron chi connectivity index (χ2n) is 12.1. The summed E-state index contributed by atoms with van der Waals surface area (Å²) in [4.78, 5) is 30.7. The van der Waals surface area contributed by atoms with Gasteiger partial charge in [-0.3, -0.25) is 4.79 Å². The summed E-state index contributed by atoms with van der Waals surface area (Å²) in [6.07, 6.45) is 24.3. The van der Waals surface area contributed by atoms with Crippen molar-refractivity contribution in [2.45, 2.75) is 148 Å². The van der Waals surface area contributed by atoms with Gasteiger partial charge in [-0.05, 0) is 26.2 Å². The van der Waals surface area contributed by atoms with E-state index < -0.39 is 11.7 Å². The van der Waals surface area contributed by atoms with Crippen LogP contribution >= 0.6 is 11.3 Å². The first kappa shape index (κ1) is 39.3. The number of hydrogen-bond donors (Lipinski definition) is 1. The topological polar surface area (TPSA) is 90.0 Å². The highest BCUT2D eigenvalue weighted by atomic mass is 32.1. The number of methoxy groups -OCH3 is 1. The van der Waals surface area contributed by atoms with Crippen LogP contribution < -0.4 is 5.32 Å². The van der Waals surface area contributed by atoms with Gasteiger partial charge in [-0.15, -0.1) is 11.3 Å². The third kappa shape index (κ3) is 22.5. The molecule has 0 aliphatic rings. The minimum absolute atomic E-state index is 0.0893. The lowest BCUT2D eigenvalue weighted by Crippen LogP contribution is -2.39. The van der Waals surface area contributed by atoms with Crippen molar-refractivity contribution in [3.05, 3.63) is 16.6 Å². The van der Waals surface area contributed by atoms with Crippen molar-refractivity contribution < 1.29 is 23.8 Å². The molecule has 0 radical (unpaired) electrons. The van der Waals surface area contributed by atoms with Crippen LogP contribution in [0.3, 0.4) is 0 Å². The number of carbonyl (C=O) groups is 2. The standard InChI is InChI=1S/C34H63N3O5S/c1-5-6-7-8-9-10-11-12-13-14-15-16-17-18-19-20-26-37(3)32(38)22-23-34(2,40-4)30-42-33(39)36-24-21-27-41-29-31-35-25-28-43-31/h25,28H,5-24,26-27,29-30H2,1-4H3,(H,36,39). The van der Waals surface area contributed by atoms with Gasteiger partial charge in [-0.25, -0.2) is 9.78 Å². The molecule has 2 amide bonds. The number of ether oxygens (including phenoxy) is 3. The molecule has 0 spiro atoms. The van der Waals surface area contributed by atoms with E-state index in [0.717, 1.165) is 18.0 Å². The number of thiazole rings is 1. The zero-order chi connectivity index (χ0) is 31.4. The largest absolute Gasteiger partial charge is 0.447 e. The van der Waals surface area contributed by atoms with E-state index in [1.807, 2.05) is 24.3 Å². The maximum atomic E-state index is 12.7. The highest BCUT2D eigenvalue weighted by molar-refractivity contribution is 7.09. The number of amides is 2. The van der Waals surface area contributed by atoms with E-state index in [1.165, 1.54) is 96.3 Å². The number of nitrogens with zero attached hydrogens (tertiary/aromatic N) is 2. The van der Waals surface area contributed by atoms with Crippen molar-refractivity contribution >= 4 is 23.3 Å². The van der Waals surface area contributed by atoms with Gasteiger partial charge >= 0.3 is 6.09 Å². The fraction of sp³-hybridized carbons (Fsp3) is 0.853. The Balaban J connectivity index is 1.99. The zero-order valence-corrected chi connectivity index (χ0v) is 28.8. The Labute approximate surface area is 267 Å². The average molecular weight is 626 g/mol. The molecular weight excluding hydrogens is 562 g/mol. The first-order valence-electron chi connectivity index (χ1n) is 17.1. The van der Waals surface area contributed by atoms with Crippen molar-refractivity contribution in [2.75, 3.05) is 40.5 Å². The van der Waals surface area contributed by atoms with E-state index in [0.29, 0.717) is 39.0 Å². The normalized spacial score (nSPS) is 12.7. The third-order valence-corrected chi connectivity index (χ3v) is 8.84. The van der Waals surface area contributed by atoms with Gasteiger partial charge < -0.3 is 24.4 Å². The van der Waals surface area contributed by atoms with Crippen LogP contribution in [0.4, 0.5) is 4.79 Å². The molecule has 0 aliphatic carbocycles. The molecule has 8 nitrogen and oxygen atoms in total. The van der Waals surface area contributed by atoms with Crippen molar-refractivity contribution in [3.8, 4) is 0 Å². The molecule has 0 aliphatic heterocycles. The summed E-state index contributed by atoms with van der Waals surface area (Å²) in [5.41, 5.74) is -0.709. The van der Waals surface area contributed by atoms with Crippen LogP contribution in [0.5, 0.6) is 0 Å². The molecule has 1 unspecified atom stereocenters. The SMILES string of the molecule is CCCCCCCCCCCCCCCCCCN(C)C(=O)CCC(C)(COC(=O)NCCCOCc1nccs1)OC. The molecule has 1 N–H and O–H groups in total. The second kappa shape index (κ2) is 26.7. The van der Waals surface area contributed by atoms with Gasteiger partial charge in [0.2, 0.25) is 5.91 Å². The van der Waals surface area contributed by atoms with Gasteiger partial charge in [0.1, 0.15) is 11.6 Å². The lowest BCUT2D eigenvalue weighted by atomic mass is 10.0. The Kier molecular flexibility index (Phi) is 24.4. The summed E-state index contributed by atoms with van der Waals surface area (Å²) in [6, 6.07) is 0. The smallest absolute Gasteiger partial charge is 0.407 e. The molecule has 1 aromatic heterocycles. The number of nitrogens with one attached hydrogen (secondary N) is 1. The Morgan fingerprint density at radius 3 is 2.02 bits per heavy atom. The molecule has 0 fully saturated rings. The first-order chi connectivity index (χ1) is 20.9. The molecule has 250 valence electrons. The van der Waals surface area contributed by atoms with Crippen LogP contribution in [0.1, 0.15) is 141 Å². The van der Waals surface area contributed by atoms with Crippen LogP contribution in [0, 0.1) is 0 Å². The molecule has 1 rings (SSSR count). The minimum atomic E-state index is -0.709. The molecule has 0 saturated heterocycles. The predicted molar refractivity (Wildman–Crippen MR) is 178 cm³/mol. The van der Waals surface area contributed by atoms with Crippen molar-refractivity contribution in [2.24, 2.45) is 0 Å². The summed E-state index contributed by atoms with van der Waals surface area (Å²) < 4.78 is 16.5. The monoisotopic (exact) mass is 625 g/mol. The van der Waals surface area contributed by atoms with E-state index in [1.54, 1.807) is 24.6 Å². The molecule has 43 heavy (non-hydrogen) atoms. The Hall–Kier alpha value is -1.71. The highest BCUT2D eigenvalue weighted by Crippen LogP contribution is 2.19. The van der Waals surface area contributed by atoms with Crippen molar-refractivity contribution in [3.63, 3.8) is 0 Å².